The highest BCUT2D eigenvalue weighted by atomic mass is 16.5. The Bertz CT molecular complexity index is 748. The number of hydrogen-bond donors (Lipinski definition) is 1. The van der Waals surface area contributed by atoms with Gasteiger partial charge in [0.15, 0.2) is 0 Å². The number of esters is 1. The largest absolute Gasteiger partial charge is 0.425 e. The molecule has 3 aromatic rings. The molecular weight excluding hydrogens is 252 g/mol. The number of nitrogens with one attached hydrogen (secondary N) is 1. The van der Waals surface area contributed by atoms with Crippen LogP contribution in [0.15, 0.2) is 48.7 Å². The summed E-state index contributed by atoms with van der Waals surface area (Å²) in [7, 11) is 0. The van der Waals surface area contributed by atoms with Crippen LogP contribution in [0, 0.1) is 0 Å². The molecule has 0 atom stereocenters. The van der Waals surface area contributed by atoms with Crippen LogP contribution in [0.2, 0.25) is 0 Å². The fourth-order valence-electron chi connectivity index (χ4n) is 2.03. The lowest BCUT2D eigenvalue weighted by molar-refractivity contribution is -0.134. The lowest BCUT2D eigenvalue weighted by atomic mass is 10.1. The summed E-state index contributed by atoms with van der Waals surface area (Å²) in [4.78, 5) is 18.8. The number of hydrogen-bond acceptors (Lipinski definition) is 3. The molecule has 4 nitrogen and oxygen atoms in total. The molecule has 0 radical (unpaired) electrons. The lowest BCUT2D eigenvalue weighted by Crippen LogP contribution is -2.05. The van der Waals surface area contributed by atoms with Gasteiger partial charge in [-0.25, -0.2) is 4.98 Å². The molecule has 0 saturated carbocycles. The van der Waals surface area contributed by atoms with Crippen molar-refractivity contribution >= 4 is 17.0 Å². The van der Waals surface area contributed by atoms with Crippen molar-refractivity contribution in [3.05, 3.63) is 48.7 Å². The molecule has 1 N–H and O–H groups in total. The third-order valence-corrected chi connectivity index (χ3v) is 3.05. The topological polar surface area (TPSA) is 55.0 Å². The Balaban J connectivity index is 1.97. The first-order chi connectivity index (χ1) is 9.76. The van der Waals surface area contributed by atoms with E-state index in [1.165, 1.54) is 0 Å². The molecule has 20 heavy (non-hydrogen) atoms. The first kappa shape index (κ1) is 12.4. The zero-order chi connectivity index (χ0) is 13.9. The number of nitrogens with zero attached hydrogens (tertiary/aromatic N) is 1. The van der Waals surface area contributed by atoms with Gasteiger partial charge >= 0.3 is 5.97 Å². The number of aromatic nitrogens is 2. The van der Waals surface area contributed by atoms with Gasteiger partial charge in [0, 0.05) is 17.5 Å². The van der Waals surface area contributed by atoms with Gasteiger partial charge in [0.1, 0.15) is 11.4 Å². The summed E-state index contributed by atoms with van der Waals surface area (Å²) in [5.74, 6) is 0.216. The Hall–Kier alpha value is -2.62. The predicted molar refractivity (Wildman–Crippen MR) is 77.5 cm³/mol. The van der Waals surface area contributed by atoms with Crippen LogP contribution in [0.4, 0.5) is 0 Å². The second kappa shape index (κ2) is 5.17. The molecule has 0 unspecified atom stereocenters. The molecule has 1 aromatic carbocycles. The molecule has 0 spiro atoms. The van der Waals surface area contributed by atoms with Gasteiger partial charge in [0.25, 0.3) is 0 Å². The maximum atomic E-state index is 11.3. The smallest absolute Gasteiger partial charge is 0.310 e. The van der Waals surface area contributed by atoms with E-state index in [0.29, 0.717) is 12.2 Å². The van der Waals surface area contributed by atoms with Crippen molar-refractivity contribution in [1.82, 2.24) is 9.97 Å². The molecule has 0 saturated heterocycles. The first-order valence-corrected chi connectivity index (χ1v) is 6.51. The SMILES string of the molecule is CCC(=O)Oc1cnc2[nH]c(-c3ccccc3)cc2c1. The second-order valence-electron chi connectivity index (χ2n) is 4.49. The van der Waals surface area contributed by atoms with Gasteiger partial charge in [0.05, 0.1) is 6.20 Å². The zero-order valence-corrected chi connectivity index (χ0v) is 11.1. The number of ether oxygens (including phenoxy) is 1. The average Bonchev–Trinajstić information content (AvgIpc) is 2.91. The molecule has 2 aromatic heterocycles. The molecule has 0 fully saturated rings. The molecule has 3 rings (SSSR count). The average molecular weight is 266 g/mol. The van der Waals surface area contributed by atoms with Crippen LogP contribution in [-0.2, 0) is 4.79 Å². The second-order valence-corrected chi connectivity index (χ2v) is 4.49. The van der Waals surface area contributed by atoms with Crippen LogP contribution in [0.5, 0.6) is 5.75 Å². The molecule has 0 bridgehead atoms. The van der Waals surface area contributed by atoms with Gasteiger partial charge in [-0.15, -0.1) is 0 Å². The standard InChI is InChI=1S/C16H14N2O2/c1-2-15(19)20-13-8-12-9-14(18-16(12)17-10-13)11-6-4-3-5-7-11/h3-10H,2H2,1H3,(H,17,18). The summed E-state index contributed by atoms with van der Waals surface area (Å²) >= 11 is 0. The molecular formula is C16H14N2O2. The number of pyridine rings is 1. The fourth-order valence-corrected chi connectivity index (χ4v) is 2.03. The normalized spacial score (nSPS) is 10.7. The van der Waals surface area contributed by atoms with Crippen molar-refractivity contribution in [2.45, 2.75) is 13.3 Å². The van der Waals surface area contributed by atoms with Crippen LogP contribution in [0.25, 0.3) is 22.3 Å². The van der Waals surface area contributed by atoms with E-state index in [4.69, 9.17) is 4.74 Å². The van der Waals surface area contributed by atoms with E-state index in [0.717, 1.165) is 22.3 Å². The third kappa shape index (κ3) is 2.40. The molecule has 0 aliphatic rings. The van der Waals surface area contributed by atoms with Crippen molar-refractivity contribution in [3.63, 3.8) is 0 Å². The predicted octanol–water partition coefficient (Wildman–Crippen LogP) is 3.55. The Labute approximate surface area is 116 Å². The van der Waals surface area contributed by atoms with Crippen LogP contribution in [-0.4, -0.2) is 15.9 Å². The Morgan fingerprint density at radius 1 is 1.25 bits per heavy atom. The summed E-state index contributed by atoms with van der Waals surface area (Å²) < 4.78 is 5.17. The maximum Gasteiger partial charge on any atom is 0.310 e. The van der Waals surface area contributed by atoms with Gasteiger partial charge in [0.2, 0.25) is 0 Å². The number of benzene rings is 1. The summed E-state index contributed by atoms with van der Waals surface area (Å²) in [6.07, 6.45) is 1.90. The van der Waals surface area contributed by atoms with Crippen molar-refractivity contribution in [2.75, 3.05) is 0 Å². The number of carbonyl (C=O) groups excluding carboxylic acids is 1. The van der Waals surface area contributed by atoms with Gasteiger partial charge < -0.3 is 9.72 Å². The Morgan fingerprint density at radius 3 is 2.80 bits per heavy atom. The van der Waals surface area contributed by atoms with Crippen LogP contribution >= 0.6 is 0 Å². The Morgan fingerprint density at radius 2 is 2.05 bits per heavy atom. The van der Waals surface area contributed by atoms with Crippen molar-refractivity contribution in [1.29, 1.82) is 0 Å². The number of H-pyrrole nitrogens is 1. The molecule has 0 aliphatic carbocycles. The molecule has 0 amide bonds. The van der Waals surface area contributed by atoms with E-state index in [9.17, 15) is 4.79 Å². The molecule has 0 aliphatic heterocycles. The van der Waals surface area contributed by atoms with Crippen molar-refractivity contribution in [2.24, 2.45) is 0 Å². The first-order valence-electron chi connectivity index (χ1n) is 6.51. The van der Waals surface area contributed by atoms with E-state index in [1.54, 1.807) is 13.1 Å². The van der Waals surface area contributed by atoms with E-state index < -0.39 is 0 Å². The molecule has 4 heteroatoms. The van der Waals surface area contributed by atoms with E-state index >= 15 is 0 Å². The summed E-state index contributed by atoms with van der Waals surface area (Å²) in [6.45, 7) is 1.76. The highest BCUT2D eigenvalue weighted by Gasteiger charge is 2.07. The highest BCUT2D eigenvalue weighted by Crippen LogP contribution is 2.25. The van der Waals surface area contributed by atoms with Crippen molar-refractivity contribution < 1.29 is 9.53 Å². The van der Waals surface area contributed by atoms with Gasteiger partial charge in [-0.1, -0.05) is 37.3 Å². The summed E-state index contributed by atoms with van der Waals surface area (Å²) in [6, 6.07) is 13.8. The minimum absolute atomic E-state index is 0.259. The number of fused-ring (bicyclic) bond motifs is 1. The van der Waals surface area contributed by atoms with Gasteiger partial charge in [-0.05, 0) is 17.7 Å². The Kier molecular flexibility index (Phi) is 3.21. The van der Waals surface area contributed by atoms with Crippen molar-refractivity contribution in [3.8, 4) is 17.0 Å². The fraction of sp³-hybridized carbons (Fsp3) is 0.125. The van der Waals surface area contributed by atoms with E-state index in [-0.39, 0.29) is 5.97 Å². The minimum Gasteiger partial charge on any atom is -0.425 e. The molecule has 100 valence electrons. The monoisotopic (exact) mass is 266 g/mol. The van der Waals surface area contributed by atoms with Crippen LogP contribution in [0.3, 0.4) is 0 Å². The number of carbonyl (C=O) groups is 1. The van der Waals surface area contributed by atoms with Crippen LogP contribution in [0.1, 0.15) is 13.3 Å². The molecule has 2 heterocycles. The van der Waals surface area contributed by atoms with Crippen LogP contribution < -0.4 is 4.74 Å². The number of rotatable bonds is 3. The summed E-state index contributed by atoms with van der Waals surface area (Å²) in [5.41, 5.74) is 2.87. The number of aromatic amines is 1. The van der Waals surface area contributed by atoms with E-state index in [2.05, 4.69) is 9.97 Å². The quantitative estimate of drug-likeness (QED) is 0.738. The van der Waals surface area contributed by atoms with Gasteiger partial charge in [-0.2, -0.15) is 0 Å². The maximum absolute atomic E-state index is 11.3. The highest BCUT2D eigenvalue weighted by molar-refractivity contribution is 5.84. The third-order valence-electron chi connectivity index (χ3n) is 3.05. The zero-order valence-electron chi connectivity index (χ0n) is 11.1. The minimum atomic E-state index is -0.259. The summed E-state index contributed by atoms with van der Waals surface area (Å²) in [5, 5.41) is 0.922. The van der Waals surface area contributed by atoms with E-state index in [1.807, 2.05) is 42.5 Å². The lowest BCUT2D eigenvalue weighted by Gasteiger charge is -2.01. The van der Waals surface area contributed by atoms with Gasteiger partial charge in [-0.3, -0.25) is 4.79 Å².